The lowest BCUT2D eigenvalue weighted by Gasteiger charge is -2.14. The average Bonchev–Trinajstić information content (AvgIpc) is 3.12. The van der Waals surface area contributed by atoms with E-state index in [1.807, 2.05) is 6.20 Å². The second kappa shape index (κ2) is 5.74. The maximum Gasteiger partial charge on any atom is 0.157 e. The third-order valence-corrected chi connectivity index (χ3v) is 4.15. The minimum Gasteiger partial charge on any atom is -0.489 e. The minimum absolute atomic E-state index is 0.612. The first-order valence-electron chi connectivity index (χ1n) is 7.31. The van der Waals surface area contributed by atoms with Crippen molar-refractivity contribution in [3.8, 4) is 5.75 Å². The second-order valence-corrected chi connectivity index (χ2v) is 5.49. The maximum atomic E-state index is 5.78. The van der Waals surface area contributed by atoms with E-state index in [0.29, 0.717) is 6.04 Å². The molecule has 2 heterocycles. The molecule has 0 unspecified atom stereocenters. The summed E-state index contributed by atoms with van der Waals surface area (Å²) in [6, 6.07) is 0.612. The van der Waals surface area contributed by atoms with E-state index in [1.54, 1.807) is 0 Å². The number of hydrogen-bond donors (Lipinski definition) is 0. The van der Waals surface area contributed by atoms with Crippen LogP contribution in [0.5, 0.6) is 5.75 Å². The Morgan fingerprint density at radius 3 is 2.72 bits per heavy atom. The smallest absolute Gasteiger partial charge is 0.157 e. The van der Waals surface area contributed by atoms with E-state index in [0.717, 1.165) is 18.9 Å². The van der Waals surface area contributed by atoms with Crippen LogP contribution in [0, 0.1) is 0 Å². The molecule has 1 aromatic heterocycles. The fourth-order valence-electron chi connectivity index (χ4n) is 3.06. The fraction of sp³-hybridized carbons (Fsp3) is 0.786. The molecule has 100 valence electrons. The fourth-order valence-corrected chi connectivity index (χ4v) is 3.06. The molecule has 2 aliphatic rings. The number of aromatic nitrogens is 2. The van der Waals surface area contributed by atoms with Crippen LogP contribution in [0.1, 0.15) is 44.6 Å². The van der Waals surface area contributed by atoms with Gasteiger partial charge in [-0.1, -0.05) is 12.8 Å². The molecule has 18 heavy (non-hydrogen) atoms. The highest BCUT2D eigenvalue weighted by Gasteiger charge is 2.18. The number of likely N-dealkylation sites (tertiary alicyclic amines) is 1. The molecule has 2 fully saturated rings. The SMILES string of the molecule is c1nn(C2CCCC2)cc1OCCN1CCCC1. The van der Waals surface area contributed by atoms with Gasteiger partial charge in [-0.15, -0.1) is 0 Å². The predicted octanol–water partition coefficient (Wildman–Crippen LogP) is 2.47. The van der Waals surface area contributed by atoms with Gasteiger partial charge in [0.1, 0.15) is 6.61 Å². The Balaban J connectivity index is 1.44. The highest BCUT2D eigenvalue weighted by molar-refractivity contribution is 5.12. The summed E-state index contributed by atoms with van der Waals surface area (Å²) in [5.41, 5.74) is 0. The molecule has 1 saturated heterocycles. The lowest BCUT2D eigenvalue weighted by Crippen LogP contribution is -2.24. The van der Waals surface area contributed by atoms with Crippen molar-refractivity contribution in [1.82, 2.24) is 14.7 Å². The standard InChI is InChI=1S/C14H23N3O/c1-2-6-13(5-1)17-12-14(11-15-17)18-10-9-16-7-3-4-8-16/h11-13H,1-10H2. The van der Waals surface area contributed by atoms with E-state index < -0.39 is 0 Å². The first-order valence-corrected chi connectivity index (χ1v) is 7.31. The van der Waals surface area contributed by atoms with Crippen LogP contribution < -0.4 is 4.74 Å². The first kappa shape index (κ1) is 12.0. The monoisotopic (exact) mass is 249 g/mol. The van der Waals surface area contributed by atoms with Crippen molar-refractivity contribution in [1.29, 1.82) is 0 Å². The third-order valence-electron chi connectivity index (χ3n) is 4.15. The first-order chi connectivity index (χ1) is 8.92. The number of nitrogens with zero attached hydrogens (tertiary/aromatic N) is 3. The van der Waals surface area contributed by atoms with Crippen LogP contribution >= 0.6 is 0 Å². The number of ether oxygens (including phenoxy) is 1. The number of rotatable bonds is 5. The van der Waals surface area contributed by atoms with Gasteiger partial charge in [0.05, 0.1) is 18.4 Å². The summed E-state index contributed by atoms with van der Waals surface area (Å²) in [5.74, 6) is 0.932. The van der Waals surface area contributed by atoms with Crippen molar-refractivity contribution < 1.29 is 4.74 Å². The van der Waals surface area contributed by atoms with Crippen molar-refractivity contribution in [3.63, 3.8) is 0 Å². The van der Waals surface area contributed by atoms with Gasteiger partial charge >= 0.3 is 0 Å². The van der Waals surface area contributed by atoms with Gasteiger partial charge in [0.15, 0.2) is 5.75 Å². The zero-order valence-electron chi connectivity index (χ0n) is 11.1. The molecular weight excluding hydrogens is 226 g/mol. The second-order valence-electron chi connectivity index (χ2n) is 5.49. The van der Waals surface area contributed by atoms with Crippen LogP contribution in [0.3, 0.4) is 0 Å². The lowest BCUT2D eigenvalue weighted by molar-refractivity contribution is 0.237. The summed E-state index contributed by atoms with van der Waals surface area (Å²) in [4.78, 5) is 2.47. The predicted molar refractivity (Wildman–Crippen MR) is 70.9 cm³/mol. The molecule has 0 bridgehead atoms. The molecule has 1 aliphatic carbocycles. The normalized spacial score (nSPS) is 21.8. The Kier molecular flexibility index (Phi) is 3.84. The van der Waals surface area contributed by atoms with Gasteiger partial charge in [-0.3, -0.25) is 9.58 Å². The molecule has 0 radical (unpaired) electrons. The molecule has 0 atom stereocenters. The molecule has 1 aromatic rings. The highest BCUT2D eigenvalue weighted by atomic mass is 16.5. The van der Waals surface area contributed by atoms with Crippen LogP contribution in [-0.4, -0.2) is 40.9 Å². The molecule has 4 heteroatoms. The van der Waals surface area contributed by atoms with Gasteiger partial charge < -0.3 is 4.74 Å². The Morgan fingerprint density at radius 2 is 1.94 bits per heavy atom. The zero-order valence-corrected chi connectivity index (χ0v) is 11.1. The zero-order chi connectivity index (χ0) is 12.2. The molecule has 0 N–H and O–H groups in total. The Morgan fingerprint density at radius 1 is 1.17 bits per heavy atom. The molecule has 0 amide bonds. The summed E-state index contributed by atoms with van der Waals surface area (Å²) in [7, 11) is 0. The molecule has 4 nitrogen and oxygen atoms in total. The van der Waals surface area contributed by atoms with Gasteiger partial charge in [0.2, 0.25) is 0 Å². The van der Waals surface area contributed by atoms with Gasteiger partial charge in [0.25, 0.3) is 0 Å². The molecule has 3 rings (SSSR count). The quantitative estimate of drug-likeness (QED) is 0.803. The van der Waals surface area contributed by atoms with Gasteiger partial charge in [-0.05, 0) is 38.8 Å². The largest absolute Gasteiger partial charge is 0.489 e. The minimum atomic E-state index is 0.612. The Hall–Kier alpha value is -1.03. The average molecular weight is 249 g/mol. The summed E-state index contributed by atoms with van der Waals surface area (Å²) in [6.45, 7) is 4.32. The van der Waals surface area contributed by atoms with Crippen molar-refractivity contribution >= 4 is 0 Å². The van der Waals surface area contributed by atoms with Crippen LogP contribution in [0.15, 0.2) is 12.4 Å². The van der Waals surface area contributed by atoms with E-state index in [2.05, 4.69) is 20.9 Å². The van der Waals surface area contributed by atoms with E-state index >= 15 is 0 Å². The Labute approximate surface area is 109 Å². The molecule has 1 saturated carbocycles. The van der Waals surface area contributed by atoms with Gasteiger partial charge in [-0.25, -0.2) is 0 Å². The van der Waals surface area contributed by atoms with Crippen LogP contribution in [0.4, 0.5) is 0 Å². The number of hydrogen-bond acceptors (Lipinski definition) is 3. The van der Waals surface area contributed by atoms with E-state index in [-0.39, 0.29) is 0 Å². The van der Waals surface area contributed by atoms with Crippen molar-refractivity contribution in [2.24, 2.45) is 0 Å². The van der Waals surface area contributed by atoms with Gasteiger partial charge in [0, 0.05) is 6.54 Å². The van der Waals surface area contributed by atoms with Gasteiger partial charge in [-0.2, -0.15) is 5.10 Å². The van der Waals surface area contributed by atoms with Crippen molar-refractivity contribution in [2.45, 2.75) is 44.6 Å². The molecule has 0 aromatic carbocycles. The highest BCUT2D eigenvalue weighted by Crippen LogP contribution is 2.29. The third kappa shape index (κ3) is 2.86. The lowest BCUT2D eigenvalue weighted by atomic mass is 10.3. The van der Waals surface area contributed by atoms with Crippen LogP contribution in [0.25, 0.3) is 0 Å². The molecular formula is C14H23N3O. The topological polar surface area (TPSA) is 30.3 Å². The molecule has 1 aliphatic heterocycles. The van der Waals surface area contributed by atoms with Crippen LogP contribution in [-0.2, 0) is 0 Å². The summed E-state index contributed by atoms with van der Waals surface area (Å²) in [5, 5.41) is 4.43. The van der Waals surface area contributed by atoms with E-state index in [4.69, 9.17) is 4.74 Å². The van der Waals surface area contributed by atoms with Crippen LogP contribution in [0.2, 0.25) is 0 Å². The maximum absolute atomic E-state index is 5.78. The summed E-state index contributed by atoms with van der Waals surface area (Å²) >= 11 is 0. The Bertz CT molecular complexity index is 365. The molecule has 0 spiro atoms. The summed E-state index contributed by atoms with van der Waals surface area (Å²) in [6.07, 6.45) is 11.9. The van der Waals surface area contributed by atoms with E-state index in [1.165, 1.54) is 51.6 Å². The van der Waals surface area contributed by atoms with Crippen molar-refractivity contribution in [2.75, 3.05) is 26.2 Å². The summed E-state index contributed by atoms with van der Waals surface area (Å²) < 4.78 is 7.88. The van der Waals surface area contributed by atoms with E-state index in [9.17, 15) is 0 Å². The van der Waals surface area contributed by atoms with Crippen molar-refractivity contribution in [3.05, 3.63) is 12.4 Å².